The normalized spacial score (nSPS) is 52.6. The fraction of sp³-hybridized carbons (Fsp3) is 0.952. The molecule has 324 valence electrons. The van der Waals surface area contributed by atoms with Crippen molar-refractivity contribution in [3.63, 3.8) is 0 Å². The van der Waals surface area contributed by atoms with Crippen LogP contribution in [-0.2, 0) is 18.9 Å². The molecule has 2 saturated heterocycles. The number of hydrogen-bond donors (Lipinski definition) is 10. The van der Waals surface area contributed by atoms with Crippen LogP contribution in [0.25, 0.3) is 0 Å². The Kier molecular flexibility index (Phi) is 12.7. The second-order valence-electron chi connectivity index (χ2n) is 20.2. The molecule has 6 rings (SSSR count). The molecule has 2 aliphatic heterocycles. The van der Waals surface area contributed by atoms with Gasteiger partial charge in [0.15, 0.2) is 12.6 Å². The number of rotatable bonds is 10. The quantitative estimate of drug-likeness (QED) is 0.110. The Morgan fingerprint density at radius 2 is 1.32 bits per heavy atom. The Hall–Kier alpha value is -0.820. The summed E-state index contributed by atoms with van der Waals surface area (Å²) in [4.78, 5) is 0. The number of ether oxygens (including phenoxy) is 4. The molecule has 0 aromatic heterocycles. The largest absolute Gasteiger partial charge is 0.394 e. The van der Waals surface area contributed by atoms with Crippen LogP contribution in [0, 0.1) is 45.3 Å². The first-order valence-electron chi connectivity index (χ1n) is 21.0. The van der Waals surface area contributed by atoms with Gasteiger partial charge < -0.3 is 70.0 Å². The fourth-order valence-corrected chi connectivity index (χ4v) is 13.5. The lowest BCUT2D eigenvalue weighted by atomic mass is 9.34. The van der Waals surface area contributed by atoms with Crippen LogP contribution in [0.1, 0.15) is 107 Å². The van der Waals surface area contributed by atoms with E-state index in [4.69, 9.17) is 18.9 Å². The monoisotopic (exact) mass is 800 g/mol. The van der Waals surface area contributed by atoms with E-state index in [-0.39, 0.29) is 23.7 Å². The van der Waals surface area contributed by atoms with Crippen molar-refractivity contribution in [3.05, 3.63) is 11.6 Å². The van der Waals surface area contributed by atoms with Crippen LogP contribution in [0.3, 0.4) is 0 Å². The Balaban J connectivity index is 1.39. The maximum Gasteiger partial charge on any atom is 0.187 e. The highest BCUT2D eigenvalue weighted by atomic mass is 16.7. The molecule has 0 aromatic rings. The number of fused-ring (bicyclic) bond motifs is 5. The molecule has 14 heteroatoms. The van der Waals surface area contributed by atoms with Gasteiger partial charge >= 0.3 is 0 Å². The van der Waals surface area contributed by atoms with Crippen molar-refractivity contribution >= 4 is 0 Å². The molecule has 4 saturated carbocycles. The van der Waals surface area contributed by atoms with Crippen molar-refractivity contribution in [1.29, 1.82) is 0 Å². The van der Waals surface area contributed by atoms with Crippen LogP contribution < -0.4 is 0 Å². The van der Waals surface area contributed by atoms with E-state index in [1.54, 1.807) is 0 Å². The minimum Gasteiger partial charge on any atom is -0.394 e. The third kappa shape index (κ3) is 7.06. The Labute approximate surface area is 331 Å². The summed E-state index contributed by atoms with van der Waals surface area (Å²) in [6.07, 6.45) is -9.52. The lowest BCUT2D eigenvalue weighted by Crippen LogP contribution is -2.71. The van der Waals surface area contributed by atoms with E-state index in [1.807, 2.05) is 34.6 Å². The molecule has 6 fully saturated rings. The van der Waals surface area contributed by atoms with Gasteiger partial charge in [-0.3, -0.25) is 0 Å². The summed E-state index contributed by atoms with van der Waals surface area (Å²) in [6.45, 7) is 15.7. The van der Waals surface area contributed by atoms with E-state index < -0.39 is 120 Å². The maximum atomic E-state index is 12.6. The van der Waals surface area contributed by atoms with E-state index in [1.165, 1.54) is 0 Å². The third-order valence-electron chi connectivity index (χ3n) is 16.6. The second-order valence-corrected chi connectivity index (χ2v) is 20.2. The van der Waals surface area contributed by atoms with E-state index >= 15 is 0 Å². The highest BCUT2D eigenvalue weighted by Crippen LogP contribution is 2.76. The summed E-state index contributed by atoms with van der Waals surface area (Å²) in [6, 6.07) is 0. The minimum absolute atomic E-state index is 0.000258. The molecule has 0 radical (unpaired) electrons. The van der Waals surface area contributed by atoms with Gasteiger partial charge in [0, 0.05) is 0 Å². The number of aliphatic hydroxyl groups is 10. The molecule has 21 atom stereocenters. The van der Waals surface area contributed by atoms with Gasteiger partial charge in [-0.25, -0.2) is 0 Å². The van der Waals surface area contributed by atoms with Gasteiger partial charge in [-0.1, -0.05) is 46.3 Å². The van der Waals surface area contributed by atoms with Gasteiger partial charge in [-0.15, -0.1) is 0 Å². The van der Waals surface area contributed by atoms with Crippen molar-refractivity contribution in [2.24, 2.45) is 45.3 Å². The lowest BCUT2D eigenvalue weighted by molar-refractivity contribution is -0.349. The third-order valence-corrected chi connectivity index (χ3v) is 16.6. The average molecular weight is 801 g/mol. The van der Waals surface area contributed by atoms with Gasteiger partial charge in [-0.2, -0.15) is 0 Å². The molecule has 0 aromatic carbocycles. The number of allylic oxidation sites excluding steroid dienone is 2. The summed E-state index contributed by atoms with van der Waals surface area (Å²) in [7, 11) is 0. The molecule has 0 amide bonds. The molecule has 14 nitrogen and oxygen atoms in total. The summed E-state index contributed by atoms with van der Waals surface area (Å²) < 4.78 is 25.4. The average Bonchev–Trinajstić information content (AvgIpc) is 3.52. The first-order valence-corrected chi connectivity index (χ1v) is 21.0. The van der Waals surface area contributed by atoms with Gasteiger partial charge in [0.05, 0.1) is 37.1 Å². The van der Waals surface area contributed by atoms with Crippen molar-refractivity contribution in [2.75, 3.05) is 13.2 Å². The number of hydrogen-bond acceptors (Lipinski definition) is 14. The molecular formula is C42H72O14. The van der Waals surface area contributed by atoms with Crippen molar-refractivity contribution in [3.8, 4) is 0 Å². The first kappa shape index (κ1) is 44.7. The second kappa shape index (κ2) is 15.9. The molecule has 0 bridgehead atoms. The highest BCUT2D eigenvalue weighted by molar-refractivity contribution is 5.22. The fourth-order valence-electron chi connectivity index (χ4n) is 13.5. The minimum atomic E-state index is -1.61. The molecule has 2 heterocycles. The standard InChI is InChI=1S/C42H72O14/c1-20(2)10-9-13-42(8,56-37-34(52)32(50)30(48)25(19-44)55-37)21-11-15-40(6)28(21)22(45)16-26-39(5)14-12-27(46)38(3,4)35(39)23(17-41(26,40)7)53-36-33(51)31(49)29(47)24(18-43)54-36/h10,21-37,43-52H,9,11-19H2,1-8H3/t21-,22+,23+,24-,25-,26+,27-,28-,29+,30+,31+,32+,33-,34-,35+,36+,37-,39+,40+,41+,42+/m0/s1. The van der Waals surface area contributed by atoms with Gasteiger partial charge in [-0.05, 0) is 117 Å². The van der Waals surface area contributed by atoms with Crippen molar-refractivity contribution in [2.45, 2.75) is 192 Å². The summed E-state index contributed by atoms with van der Waals surface area (Å²) in [5, 5.41) is 109. The molecule has 0 spiro atoms. The molecular weight excluding hydrogens is 728 g/mol. The SMILES string of the molecule is CC(C)=CCC[C@@](C)(O[C@@H]1O[C@@H](CO)[C@@H](O)[C@@H](O)[C@@H]1O)[C@H]1CC[C@]2(C)[C@@H]1[C@H](O)C[C@@H]1[C@@]3(C)CC[C@H](O)C(C)(C)[C@H]3[C@H](O[C@@H]3O[C@@H](CO)[C@@H](O)[C@@H](O)[C@@H]3O)C[C@]12C. The van der Waals surface area contributed by atoms with Gasteiger partial charge in [0.2, 0.25) is 0 Å². The van der Waals surface area contributed by atoms with Crippen LogP contribution in [-0.4, -0.2) is 150 Å². The zero-order valence-corrected chi connectivity index (χ0v) is 34.6. The predicted octanol–water partition coefficient (Wildman–Crippen LogP) is 1.12. The molecule has 56 heavy (non-hydrogen) atoms. The van der Waals surface area contributed by atoms with Crippen LogP contribution in [0.5, 0.6) is 0 Å². The molecule has 10 N–H and O–H groups in total. The van der Waals surface area contributed by atoms with Crippen molar-refractivity contribution < 1.29 is 70.0 Å². The molecule has 0 unspecified atom stereocenters. The molecule has 4 aliphatic carbocycles. The lowest BCUT2D eigenvalue weighted by Gasteiger charge is -2.72. The van der Waals surface area contributed by atoms with Gasteiger partial charge in [0.1, 0.15) is 48.8 Å². The van der Waals surface area contributed by atoms with E-state index in [2.05, 4.69) is 26.8 Å². The smallest absolute Gasteiger partial charge is 0.187 e. The summed E-state index contributed by atoms with van der Waals surface area (Å²) in [5.41, 5.74) is -1.92. The van der Waals surface area contributed by atoms with Crippen LogP contribution in [0.2, 0.25) is 0 Å². The van der Waals surface area contributed by atoms with E-state index in [0.717, 1.165) is 12.0 Å². The van der Waals surface area contributed by atoms with Crippen LogP contribution >= 0.6 is 0 Å². The zero-order valence-electron chi connectivity index (χ0n) is 34.6. The Morgan fingerprint density at radius 3 is 1.89 bits per heavy atom. The number of aliphatic hydroxyl groups excluding tert-OH is 10. The topological polar surface area (TPSA) is 239 Å². The Bertz CT molecular complexity index is 1400. The van der Waals surface area contributed by atoms with Crippen LogP contribution in [0.15, 0.2) is 11.6 Å². The highest BCUT2D eigenvalue weighted by Gasteiger charge is 2.74. The molecule has 6 aliphatic rings. The first-order chi connectivity index (χ1) is 26.0. The van der Waals surface area contributed by atoms with E-state index in [9.17, 15) is 51.1 Å². The van der Waals surface area contributed by atoms with E-state index in [0.29, 0.717) is 44.9 Å². The van der Waals surface area contributed by atoms with Crippen molar-refractivity contribution in [1.82, 2.24) is 0 Å². The summed E-state index contributed by atoms with van der Waals surface area (Å²) >= 11 is 0. The van der Waals surface area contributed by atoms with Gasteiger partial charge in [0.25, 0.3) is 0 Å². The zero-order chi connectivity index (χ0) is 41.5. The van der Waals surface area contributed by atoms with Crippen LogP contribution in [0.4, 0.5) is 0 Å². The summed E-state index contributed by atoms with van der Waals surface area (Å²) in [5.74, 6) is -0.781. The Morgan fingerprint density at radius 1 is 0.750 bits per heavy atom. The maximum absolute atomic E-state index is 12.6. The predicted molar refractivity (Wildman–Crippen MR) is 202 cm³/mol.